The summed E-state index contributed by atoms with van der Waals surface area (Å²) < 4.78 is 0. The van der Waals surface area contributed by atoms with Crippen molar-refractivity contribution in [1.82, 2.24) is 0 Å². The maximum atomic E-state index is 11.3. The minimum atomic E-state index is -0.0603. The van der Waals surface area contributed by atoms with E-state index in [1.165, 1.54) is 22.3 Å². The van der Waals surface area contributed by atoms with Crippen LogP contribution in [0, 0.1) is 0 Å². The Morgan fingerprint density at radius 3 is 2.42 bits per heavy atom. The lowest BCUT2D eigenvalue weighted by molar-refractivity contribution is -0.108. The number of aldehydes is 1. The van der Waals surface area contributed by atoms with E-state index >= 15 is 0 Å². The number of hydrogen-bond acceptors (Lipinski definition) is 1. The van der Waals surface area contributed by atoms with Crippen molar-refractivity contribution in [2.75, 3.05) is 0 Å². The first-order chi connectivity index (χ1) is 9.31. The predicted molar refractivity (Wildman–Crippen MR) is 78.0 cm³/mol. The Labute approximate surface area is 113 Å². The van der Waals surface area contributed by atoms with Gasteiger partial charge in [-0.1, -0.05) is 60.2 Å². The van der Waals surface area contributed by atoms with E-state index in [4.69, 9.17) is 0 Å². The third kappa shape index (κ3) is 2.01. The Kier molecular flexibility index (Phi) is 3.04. The first-order valence-corrected chi connectivity index (χ1v) is 6.59. The van der Waals surface area contributed by atoms with Gasteiger partial charge >= 0.3 is 0 Å². The van der Waals surface area contributed by atoms with Crippen molar-refractivity contribution in [2.45, 2.75) is 19.3 Å². The lowest BCUT2D eigenvalue weighted by Crippen LogP contribution is -1.97. The van der Waals surface area contributed by atoms with E-state index in [2.05, 4.69) is 43.3 Å². The number of fused-ring (bicyclic) bond motifs is 1. The third-order valence-electron chi connectivity index (χ3n) is 3.92. The van der Waals surface area contributed by atoms with Crippen molar-refractivity contribution in [3.63, 3.8) is 0 Å². The zero-order chi connectivity index (χ0) is 13.2. The van der Waals surface area contributed by atoms with Crippen molar-refractivity contribution >= 4 is 11.9 Å². The van der Waals surface area contributed by atoms with E-state index in [0.29, 0.717) is 0 Å². The van der Waals surface area contributed by atoms with Gasteiger partial charge in [0.05, 0.1) is 5.92 Å². The predicted octanol–water partition coefficient (Wildman–Crippen LogP) is 4.00. The van der Waals surface area contributed by atoms with E-state index in [9.17, 15) is 4.79 Å². The fraction of sp³-hybridized carbons (Fsp3) is 0.167. The molecule has 1 atom stereocenters. The van der Waals surface area contributed by atoms with Crippen molar-refractivity contribution in [1.29, 1.82) is 0 Å². The fourth-order valence-electron chi connectivity index (χ4n) is 2.89. The van der Waals surface area contributed by atoms with E-state index in [1.54, 1.807) is 0 Å². The second kappa shape index (κ2) is 4.85. The van der Waals surface area contributed by atoms with Gasteiger partial charge in [0.1, 0.15) is 6.29 Å². The number of carbonyl (C=O) groups is 1. The standard InChI is InChI=1S/C18H16O/c1-13-17(11-14-7-3-2-4-8-14)15-9-5-6-10-16(15)18(13)12-19/h2-10,12,18H,11H2,1H3. The van der Waals surface area contributed by atoms with E-state index in [-0.39, 0.29) is 5.92 Å². The molecule has 1 aliphatic rings. The Morgan fingerprint density at radius 2 is 1.68 bits per heavy atom. The summed E-state index contributed by atoms with van der Waals surface area (Å²) in [5.41, 5.74) is 6.18. The smallest absolute Gasteiger partial charge is 0.131 e. The average molecular weight is 248 g/mol. The summed E-state index contributed by atoms with van der Waals surface area (Å²) in [6, 6.07) is 18.7. The largest absolute Gasteiger partial charge is 0.302 e. The summed E-state index contributed by atoms with van der Waals surface area (Å²) in [6.07, 6.45) is 1.96. The number of hydrogen-bond donors (Lipinski definition) is 0. The van der Waals surface area contributed by atoms with E-state index in [0.717, 1.165) is 18.3 Å². The van der Waals surface area contributed by atoms with Crippen LogP contribution in [0.15, 0.2) is 60.2 Å². The highest BCUT2D eigenvalue weighted by Crippen LogP contribution is 2.41. The summed E-state index contributed by atoms with van der Waals surface area (Å²) in [5.74, 6) is -0.0603. The van der Waals surface area contributed by atoms with Gasteiger partial charge in [-0.2, -0.15) is 0 Å². The molecule has 0 fully saturated rings. The Morgan fingerprint density at radius 1 is 1.00 bits per heavy atom. The van der Waals surface area contributed by atoms with Crippen LogP contribution in [0.3, 0.4) is 0 Å². The lowest BCUT2D eigenvalue weighted by atomic mass is 9.98. The molecule has 0 heterocycles. The second-order valence-corrected chi connectivity index (χ2v) is 5.02. The number of allylic oxidation sites excluding steroid dienone is 2. The van der Waals surface area contributed by atoms with Gasteiger partial charge in [-0.05, 0) is 35.6 Å². The quantitative estimate of drug-likeness (QED) is 0.750. The molecule has 1 nitrogen and oxygen atoms in total. The normalized spacial score (nSPS) is 17.4. The van der Waals surface area contributed by atoms with Crippen LogP contribution in [0.25, 0.3) is 5.57 Å². The lowest BCUT2D eigenvalue weighted by Gasteiger charge is -2.06. The van der Waals surface area contributed by atoms with Crippen LogP contribution in [0.1, 0.15) is 29.5 Å². The summed E-state index contributed by atoms with van der Waals surface area (Å²) in [4.78, 5) is 11.3. The van der Waals surface area contributed by atoms with Crippen LogP contribution in [-0.4, -0.2) is 6.29 Å². The first-order valence-electron chi connectivity index (χ1n) is 6.59. The number of benzene rings is 2. The minimum absolute atomic E-state index is 0.0603. The van der Waals surface area contributed by atoms with Crippen molar-refractivity contribution in [3.8, 4) is 0 Å². The molecule has 0 N–H and O–H groups in total. The first kappa shape index (κ1) is 11.9. The van der Waals surface area contributed by atoms with Gasteiger partial charge in [0.2, 0.25) is 0 Å². The summed E-state index contributed by atoms with van der Waals surface area (Å²) in [7, 11) is 0. The molecule has 2 aromatic rings. The molecule has 0 amide bonds. The zero-order valence-corrected chi connectivity index (χ0v) is 11.0. The molecule has 1 unspecified atom stereocenters. The van der Waals surface area contributed by atoms with E-state index < -0.39 is 0 Å². The van der Waals surface area contributed by atoms with Gasteiger partial charge in [-0.25, -0.2) is 0 Å². The highest BCUT2D eigenvalue weighted by Gasteiger charge is 2.27. The maximum absolute atomic E-state index is 11.3. The molecule has 0 radical (unpaired) electrons. The van der Waals surface area contributed by atoms with E-state index in [1.807, 2.05) is 18.2 Å². The van der Waals surface area contributed by atoms with Gasteiger partial charge < -0.3 is 4.79 Å². The van der Waals surface area contributed by atoms with Gasteiger partial charge in [-0.3, -0.25) is 0 Å². The molecule has 94 valence electrons. The molecule has 3 rings (SSSR count). The van der Waals surface area contributed by atoms with Crippen LogP contribution >= 0.6 is 0 Å². The SMILES string of the molecule is CC1=C(Cc2ccccc2)c2ccccc2C1C=O. The average Bonchev–Trinajstić information content (AvgIpc) is 2.73. The molecular weight excluding hydrogens is 232 g/mol. The summed E-state index contributed by atoms with van der Waals surface area (Å²) >= 11 is 0. The Bertz CT molecular complexity index is 638. The van der Waals surface area contributed by atoms with Gasteiger partial charge in [0, 0.05) is 0 Å². The van der Waals surface area contributed by atoms with Crippen molar-refractivity contribution in [2.24, 2.45) is 0 Å². The van der Waals surface area contributed by atoms with Crippen LogP contribution in [0.5, 0.6) is 0 Å². The van der Waals surface area contributed by atoms with Crippen molar-refractivity contribution < 1.29 is 4.79 Å². The molecule has 0 saturated heterocycles. The minimum Gasteiger partial charge on any atom is -0.302 e. The molecule has 2 aromatic carbocycles. The van der Waals surface area contributed by atoms with Crippen LogP contribution in [0.4, 0.5) is 0 Å². The van der Waals surface area contributed by atoms with Crippen LogP contribution in [0.2, 0.25) is 0 Å². The maximum Gasteiger partial charge on any atom is 0.131 e. The molecule has 1 aliphatic carbocycles. The molecule has 1 heteroatoms. The molecule has 0 aliphatic heterocycles. The van der Waals surface area contributed by atoms with Gasteiger partial charge in [0.15, 0.2) is 0 Å². The van der Waals surface area contributed by atoms with Crippen LogP contribution < -0.4 is 0 Å². The fourth-order valence-corrected chi connectivity index (χ4v) is 2.89. The summed E-state index contributed by atoms with van der Waals surface area (Å²) in [5, 5.41) is 0. The molecule has 0 aromatic heterocycles. The topological polar surface area (TPSA) is 17.1 Å². The number of rotatable bonds is 3. The Balaban J connectivity index is 2.05. The molecule has 0 bridgehead atoms. The number of carbonyl (C=O) groups excluding carboxylic acids is 1. The molecule has 19 heavy (non-hydrogen) atoms. The summed E-state index contributed by atoms with van der Waals surface area (Å²) in [6.45, 7) is 2.08. The van der Waals surface area contributed by atoms with Gasteiger partial charge in [-0.15, -0.1) is 0 Å². The monoisotopic (exact) mass is 248 g/mol. The zero-order valence-electron chi connectivity index (χ0n) is 11.0. The van der Waals surface area contributed by atoms with Crippen LogP contribution in [-0.2, 0) is 11.2 Å². The molecular formula is C18H16O. The molecule has 0 spiro atoms. The molecule has 0 saturated carbocycles. The second-order valence-electron chi connectivity index (χ2n) is 5.02. The highest BCUT2D eigenvalue weighted by atomic mass is 16.1. The van der Waals surface area contributed by atoms with Crippen molar-refractivity contribution in [3.05, 3.63) is 76.9 Å². The highest BCUT2D eigenvalue weighted by molar-refractivity contribution is 5.87. The Hall–Kier alpha value is -2.15. The third-order valence-corrected chi connectivity index (χ3v) is 3.92. The van der Waals surface area contributed by atoms with Gasteiger partial charge in [0.25, 0.3) is 0 Å².